The summed E-state index contributed by atoms with van der Waals surface area (Å²) in [7, 11) is -15.0. The van der Waals surface area contributed by atoms with E-state index in [0.29, 0.717) is 24.3 Å². The highest BCUT2D eigenvalue weighted by Gasteiger charge is 2.26. The molecule has 0 aliphatic heterocycles. The van der Waals surface area contributed by atoms with E-state index in [-0.39, 0.29) is 12.2 Å². The van der Waals surface area contributed by atoms with Gasteiger partial charge in [0, 0.05) is 10.9 Å². The van der Waals surface area contributed by atoms with E-state index in [2.05, 4.69) is 0 Å². The minimum absolute atomic E-state index is 0.312. The quantitative estimate of drug-likeness (QED) is 0.246. The van der Waals surface area contributed by atoms with Crippen molar-refractivity contribution in [1.29, 1.82) is 0 Å². The number of nitrogens with two attached hydrogens (primary N) is 1. The van der Waals surface area contributed by atoms with Crippen molar-refractivity contribution in [3.63, 3.8) is 0 Å². The molecule has 2 aromatic rings. The van der Waals surface area contributed by atoms with Gasteiger partial charge in [-0.25, -0.2) is 0 Å². The van der Waals surface area contributed by atoms with E-state index >= 15 is 0 Å². The Morgan fingerprint density at radius 2 is 1.25 bits per heavy atom. The Balaban J connectivity index is 0.000000633. The van der Waals surface area contributed by atoms with Gasteiger partial charge in [0.25, 0.3) is 30.4 Å². The Hall–Kier alpha value is -2.96. The summed E-state index contributed by atoms with van der Waals surface area (Å²) in [5, 5.41) is 6.77. The number of fused-ring (bicyclic) bond motifs is 1. The second-order valence-electron chi connectivity index (χ2n) is 6.05. The van der Waals surface area contributed by atoms with E-state index in [0.717, 1.165) is 0 Å². The summed E-state index contributed by atoms with van der Waals surface area (Å²) in [6.45, 7) is 1.24. The number of carboxylic acid groups (broad SMARTS) is 1. The van der Waals surface area contributed by atoms with Crippen LogP contribution < -0.4 is 5.73 Å². The summed E-state index contributed by atoms with van der Waals surface area (Å²) < 4.78 is 95.7. The van der Waals surface area contributed by atoms with E-state index in [4.69, 9.17) is 19.9 Å². The number of ketones is 1. The van der Waals surface area contributed by atoms with Crippen LogP contribution in [0.4, 0.5) is 0 Å². The number of hydrogen-bond donors (Lipinski definition) is 5. The predicted octanol–water partition coefficient (Wildman–Crippen LogP) is -0.271. The number of carbonyl (C=O) groups excluding carboxylic acids is 2. The Kier molecular flexibility index (Phi) is 7.84. The maximum atomic E-state index is 11.6. The van der Waals surface area contributed by atoms with Crippen molar-refractivity contribution in [2.24, 2.45) is 5.73 Å². The second kappa shape index (κ2) is 9.27. The molecule has 0 bridgehead atoms. The normalized spacial score (nSPS) is 12.0. The van der Waals surface area contributed by atoms with E-state index < -0.39 is 73.3 Å². The molecule has 0 aromatic heterocycles. The van der Waals surface area contributed by atoms with E-state index in [9.17, 15) is 44.2 Å². The van der Waals surface area contributed by atoms with Gasteiger partial charge in [0.15, 0.2) is 0 Å². The number of primary amides is 1. The monoisotopic (exact) mass is 513 g/mol. The van der Waals surface area contributed by atoms with Crippen LogP contribution in [0, 0.1) is 0 Å². The predicted molar refractivity (Wildman–Crippen MR) is 105 cm³/mol. The molecule has 0 spiro atoms. The highest BCUT2D eigenvalue weighted by molar-refractivity contribution is 7.87. The summed E-state index contributed by atoms with van der Waals surface area (Å²) in [4.78, 5) is 28.0. The Bertz CT molecular complexity index is 1420. The number of carbonyl (C=O) groups is 3. The molecule has 0 atom stereocenters. The molecule has 0 aliphatic carbocycles. The number of Topliss-reactive ketones (excluding diaryl/α,β-unsaturated/α-hetero) is 1. The molecule has 0 saturated heterocycles. The van der Waals surface area contributed by atoms with Crippen LogP contribution in [0.15, 0.2) is 39.0 Å². The largest absolute Gasteiger partial charge is 0.481 e. The zero-order chi connectivity index (χ0) is 25.2. The molecule has 1 amide bonds. The molecule has 0 unspecified atom stereocenters. The average molecular weight is 513 g/mol. The van der Waals surface area contributed by atoms with Crippen molar-refractivity contribution in [2.45, 2.75) is 28.0 Å². The maximum absolute atomic E-state index is 11.6. The van der Waals surface area contributed by atoms with Crippen LogP contribution in [0.25, 0.3) is 10.8 Å². The van der Waals surface area contributed by atoms with Gasteiger partial charge in [-0.2, -0.15) is 25.3 Å². The molecule has 0 heterocycles. The van der Waals surface area contributed by atoms with E-state index in [1.54, 1.807) is 0 Å². The summed E-state index contributed by atoms with van der Waals surface area (Å²) in [5.74, 6) is -2.69. The molecule has 0 fully saturated rings. The van der Waals surface area contributed by atoms with Crippen LogP contribution in [0.2, 0.25) is 0 Å². The van der Waals surface area contributed by atoms with Crippen molar-refractivity contribution in [2.75, 3.05) is 0 Å². The molecule has 0 saturated carbocycles. The molecular weight excluding hydrogens is 498 g/mol. The third kappa shape index (κ3) is 7.04. The zero-order valence-electron chi connectivity index (χ0n) is 15.8. The summed E-state index contributed by atoms with van der Waals surface area (Å²) in [6.07, 6.45) is -0.361. The van der Waals surface area contributed by atoms with Gasteiger partial charge in [0.05, 0.1) is 9.79 Å². The molecule has 2 rings (SSSR count). The number of aliphatic carboxylic acids is 1. The van der Waals surface area contributed by atoms with Crippen molar-refractivity contribution in [3.05, 3.63) is 29.8 Å². The fourth-order valence-corrected chi connectivity index (χ4v) is 4.25. The van der Waals surface area contributed by atoms with Crippen molar-refractivity contribution in [3.8, 4) is 0 Å². The van der Waals surface area contributed by atoms with Gasteiger partial charge in [-0.1, -0.05) is 0 Å². The van der Waals surface area contributed by atoms with Gasteiger partial charge in [-0.15, -0.1) is 0 Å². The van der Waals surface area contributed by atoms with Crippen LogP contribution >= 0.6 is 0 Å². The highest BCUT2D eigenvalue weighted by atomic mass is 32.2. The lowest BCUT2D eigenvalue weighted by Gasteiger charge is -2.11. The minimum atomic E-state index is -5.11. The van der Waals surface area contributed by atoms with Crippen LogP contribution in [-0.2, 0) is 39.9 Å². The smallest absolute Gasteiger partial charge is 0.310 e. The maximum Gasteiger partial charge on any atom is 0.310 e. The van der Waals surface area contributed by atoms with Gasteiger partial charge in [-0.3, -0.25) is 28.0 Å². The molecule has 2 aromatic carbocycles. The number of rotatable bonds is 6. The van der Waals surface area contributed by atoms with Crippen molar-refractivity contribution in [1.82, 2.24) is 0 Å². The lowest BCUT2D eigenvalue weighted by atomic mass is 10.0. The molecular formula is C15H15NO13S3. The molecule has 0 radical (unpaired) electrons. The third-order valence-electron chi connectivity index (χ3n) is 3.50. The summed E-state index contributed by atoms with van der Waals surface area (Å²) in [5.41, 5.74) is 4.35. The lowest BCUT2D eigenvalue weighted by molar-refractivity contribution is -0.139. The topological polar surface area (TPSA) is 261 Å². The molecule has 14 nitrogen and oxygen atoms in total. The van der Waals surface area contributed by atoms with Gasteiger partial charge >= 0.3 is 5.97 Å². The fraction of sp³-hybridized carbons (Fsp3) is 0.133. The SMILES string of the molecule is CC(=O)CC(=O)O.NC(=O)c1cc(S(=O)(=O)O)cc2cc(S(=O)(=O)O)cc(S(=O)(=O)O)c12. The lowest BCUT2D eigenvalue weighted by Crippen LogP contribution is -2.15. The first-order valence-electron chi connectivity index (χ1n) is 7.80. The Labute approximate surface area is 180 Å². The zero-order valence-corrected chi connectivity index (χ0v) is 18.2. The number of carboxylic acids is 1. The van der Waals surface area contributed by atoms with Crippen LogP contribution in [-0.4, -0.2) is 61.7 Å². The summed E-state index contributed by atoms with van der Waals surface area (Å²) in [6, 6.07) is 2.20. The van der Waals surface area contributed by atoms with Crippen LogP contribution in [0.5, 0.6) is 0 Å². The fourth-order valence-electron chi connectivity index (χ4n) is 2.33. The molecule has 176 valence electrons. The highest BCUT2D eigenvalue weighted by Crippen LogP contribution is 2.32. The Morgan fingerprint density at radius 1 is 0.812 bits per heavy atom. The van der Waals surface area contributed by atoms with Crippen molar-refractivity contribution < 1.29 is 58.4 Å². The summed E-state index contributed by atoms with van der Waals surface area (Å²) >= 11 is 0. The molecule has 32 heavy (non-hydrogen) atoms. The number of amides is 1. The van der Waals surface area contributed by atoms with Gasteiger partial charge in [0.2, 0.25) is 5.91 Å². The minimum Gasteiger partial charge on any atom is -0.481 e. The van der Waals surface area contributed by atoms with E-state index in [1.165, 1.54) is 6.92 Å². The van der Waals surface area contributed by atoms with Crippen LogP contribution in [0.3, 0.4) is 0 Å². The third-order valence-corrected chi connectivity index (χ3v) is 6.04. The Morgan fingerprint density at radius 3 is 1.53 bits per heavy atom. The van der Waals surface area contributed by atoms with Crippen molar-refractivity contribution >= 4 is 58.8 Å². The molecule has 6 N–H and O–H groups in total. The van der Waals surface area contributed by atoms with Gasteiger partial charge in [-0.05, 0) is 36.6 Å². The average Bonchev–Trinajstić information content (AvgIpc) is 2.56. The number of benzene rings is 2. The first-order valence-corrected chi connectivity index (χ1v) is 12.1. The standard InChI is InChI=1S/C11H9NO10S3.C4H6O3/c12-11(13)8-3-6(23(14,15)16)1-5-2-7(24(17,18)19)4-9(10(5)8)25(20,21)22;1-3(5)2-4(6)7/h1-4H,(H2,12,13)(H,14,15,16)(H,17,18,19)(H,20,21,22);2H2,1H3,(H,6,7). The van der Waals surface area contributed by atoms with Crippen LogP contribution in [0.1, 0.15) is 23.7 Å². The molecule has 0 aliphatic rings. The first-order chi connectivity index (χ1) is 14.2. The van der Waals surface area contributed by atoms with Gasteiger partial charge in [0.1, 0.15) is 17.1 Å². The first kappa shape index (κ1) is 27.1. The van der Waals surface area contributed by atoms with Gasteiger partial charge < -0.3 is 10.8 Å². The van der Waals surface area contributed by atoms with E-state index in [1.807, 2.05) is 0 Å². The number of hydrogen-bond acceptors (Lipinski definition) is 9. The molecule has 17 heteroatoms. The second-order valence-corrected chi connectivity index (χ2v) is 10.3.